The predicted molar refractivity (Wildman–Crippen MR) is 64.0 cm³/mol. The molecule has 0 amide bonds. The Morgan fingerprint density at radius 2 is 2.50 bits per heavy atom. The number of rotatable bonds is 3. The molecular weight excluding hydrogens is 212 g/mol. The molecule has 0 radical (unpaired) electrons. The average molecular weight is 228 g/mol. The molecule has 1 N–H and O–H groups in total. The molecule has 2 rings (SSSR count). The molecule has 14 heavy (non-hydrogen) atoms. The van der Waals surface area contributed by atoms with Gasteiger partial charge in [-0.15, -0.1) is 11.3 Å². The number of hydrogen-bond donors (Lipinski definition) is 1. The lowest BCUT2D eigenvalue weighted by atomic mass is 10.2. The number of aryl methyl sites for hydroxylation is 1. The zero-order chi connectivity index (χ0) is 9.97. The number of hydrogen-bond acceptors (Lipinski definition) is 4. The van der Waals surface area contributed by atoms with Gasteiger partial charge < -0.3 is 5.32 Å². The van der Waals surface area contributed by atoms with E-state index >= 15 is 0 Å². The Morgan fingerprint density at radius 3 is 3.07 bits per heavy atom. The molecule has 0 bridgehead atoms. The van der Waals surface area contributed by atoms with E-state index in [0.717, 1.165) is 11.8 Å². The summed E-state index contributed by atoms with van der Waals surface area (Å²) in [5, 5.41) is 5.61. The molecule has 78 valence electrons. The van der Waals surface area contributed by atoms with E-state index in [1.54, 1.807) is 11.3 Å². The molecule has 1 aliphatic heterocycles. The highest BCUT2D eigenvalue weighted by Gasteiger charge is 2.21. The highest BCUT2D eigenvalue weighted by atomic mass is 32.2. The fourth-order valence-electron chi connectivity index (χ4n) is 1.67. The van der Waals surface area contributed by atoms with Gasteiger partial charge in [0.05, 0.1) is 0 Å². The van der Waals surface area contributed by atoms with Gasteiger partial charge in [-0.25, -0.2) is 4.98 Å². The highest BCUT2D eigenvalue weighted by Crippen LogP contribution is 2.26. The summed E-state index contributed by atoms with van der Waals surface area (Å²) < 4.78 is 0. The first kappa shape index (κ1) is 10.5. The van der Waals surface area contributed by atoms with Crippen LogP contribution in [0.3, 0.4) is 0 Å². The lowest BCUT2D eigenvalue weighted by Gasteiger charge is -2.09. The van der Waals surface area contributed by atoms with Gasteiger partial charge >= 0.3 is 0 Å². The molecule has 2 heterocycles. The maximum atomic E-state index is 4.34. The fraction of sp³-hybridized carbons (Fsp3) is 0.700. The number of aromatic nitrogens is 1. The van der Waals surface area contributed by atoms with Crippen molar-refractivity contribution in [2.24, 2.45) is 0 Å². The van der Waals surface area contributed by atoms with Crippen molar-refractivity contribution in [1.29, 1.82) is 0 Å². The van der Waals surface area contributed by atoms with Gasteiger partial charge in [0.15, 0.2) is 0 Å². The molecular formula is C10H16N2S2. The summed E-state index contributed by atoms with van der Waals surface area (Å²) in [5.41, 5.74) is 0. The number of nitrogens with one attached hydrogen (secondary N) is 1. The van der Waals surface area contributed by atoms with E-state index in [0.29, 0.717) is 6.04 Å². The van der Waals surface area contributed by atoms with Crippen LogP contribution in [0.1, 0.15) is 23.2 Å². The van der Waals surface area contributed by atoms with Gasteiger partial charge in [-0.3, -0.25) is 0 Å². The van der Waals surface area contributed by atoms with Crippen molar-refractivity contribution in [3.05, 3.63) is 16.1 Å². The second-order valence-corrected chi connectivity index (χ2v) is 6.61. The minimum absolute atomic E-state index is 0.694. The lowest BCUT2D eigenvalue weighted by molar-refractivity contribution is 0.537. The topological polar surface area (TPSA) is 24.9 Å². The first-order valence-corrected chi connectivity index (χ1v) is 6.87. The van der Waals surface area contributed by atoms with E-state index in [1.807, 2.05) is 6.20 Å². The van der Waals surface area contributed by atoms with Gasteiger partial charge in [-0.1, -0.05) is 6.92 Å². The van der Waals surface area contributed by atoms with Crippen LogP contribution in [0.4, 0.5) is 0 Å². The van der Waals surface area contributed by atoms with E-state index in [4.69, 9.17) is 0 Å². The van der Waals surface area contributed by atoms with Crippen molar-refractivity contribution >= 4 is 23.1 Å². The van der Waals surface area contributed by atoms with Crippen LogP contribution in [0.2, 0.25) is 0 Å². The molecule has 0 spiro atoms. The summed E-state index contributed by atoms with van der Waals surface area (Å²) in [6.45, 7) is 5.35. The normalized spacial score (nSPS) is 27.0. The zero-order valence-electron chi connectivity index (χ0n) is 8.62. The molecule has 4 heteroatoms. The second-order valence-electron chi connectivity index (χ2n) is 3.82. The standard InChI is InChI=1S/C10H16N2S2/c1-7-3-9(6-13-7)11-5-10-12-4-8(2)14-10/h4,7,9,11H,3,5-6H2,1-2H3. The van der Waals surface area contributed by atoms with Gasteiger partial charge in [-0.05, 0) is 13.3 Å². The first-order valence-electron chi connectivity index (χ1n) is 5.00. The molecule has 1 aromatic heterocycles. The zero-order valence-corrected chi connectivity index (χ0v) is 10.3. The molecule has 0 aromatic carbocycles. The van der Waals surface area contributed by atoms with Gasteiger partial charge in [0.1, 0.15) is 5.01 Å². The molecule has 2 atom stereocenters. The van der Waals surface area contributed by atoms with Crippen molar-refractivity contribution in [2.45, 2.75) is 38.1 Å². The van der Waals surface area contributed by atoms with E-state index in [2.05, 4.69) is 35.9 Å². The van der Waals surface area contributed by atoms with Crippen molar-refractivity contribution < 1.29 is 0 Å². The second kappa shape index (κ2) is 4.64. The highest BCUT2D eigenvalue weighted by molar-refractivity contribution is 8.00. The smallest absolute Gasteiger partial charge is 0.107 e. The van der Waals surface area contributed by atoms with Crippen LogP contribution in [0, 0.1) is 6.92 Å². The van der Waals surface area contributed by atoms with E-state index in [1.165, 1.54) is 22.1 Å². The van der Waals surface area contributed by atoms with Crippen LogP contribution in [-0.2, 0) is 6.54 Å². The van der Waals surface area contributed by atoms with Gasteiger partial charge in [0.2, 0.25) is 0 Å². The van der Waals surface area contributed by atoms with Crippen LogP contribution in [-0.4, -0.2) is 22.0 Å². The van der Waals surface area contributed by atoms with Crippen LogP contribution >= 0.6 is 23.1 Å². The van der Waals surface area contributed by atoms with Gasteiger partial charge in [0, 0.05) is 34.7 Å². The van der Waals surface area contributed by atoms with Crippen molar-refractivity contribution in [1.82, 2.24) is 10.3 Å². The summed E-state index contributed by atoms with van der Waals surface area (Å²) in [6, 6.07) is 0.694. The lowest BCUT2D eigenvalue weighted by Crippen LogP contribution is -2.28. The number of thioether (sulfide) groups is 1. The molecule has 1 aromatic rings. The van der Waals surface area contributed by atoms with Crippen LogP contribution < -0.4 is 5.32 Å². The number of thiazole rings is 1. The van der Waals surface area contributed by atoms with Crippen molar-refractivity contribution in [3.63, 3.8) is 0 Å². The van der Waals surface area contributed by atoms with Crippen LogP contribution in [0.5, 0.6) is 0 Å². The van der Waals surface area contributed by atoms with E-state index in [-0.39, 0.29) is 0 Å². The van der Waals surface area contributed by atoms with E-state index in [9.17, 15) is 0 Å². The monoisotopic (exact) mass is 228 g/mol. The van der Waals surface area contributed by atoms with E-state index < -0.39 is 0 Å². The Kier molecular flexibility index (Phi) is 3.47. The Labute approximate surface area is 93.5 Å². The maximum Gasteiger partial charge on any atom is 0.107 e. The molecule has 1 aliphatic rings. The largest absolute Gasteiger partial charge is 0.307 e. The third-order valence-electron chi connectivity index (χ3n) is 2.41. The third kappa shape index (κ3) is 2.72. The van der Waals surface area contributed by atoms with Crippen LogP contribution in [0.25, 0.3) is 0 Å². The molecule has 2 nitrogen and oxygen atoms in total. The Hall–Kier alpha value is -0.0600. The van der Waals surface area contributed by atoms with Crippen molar-refractivity contribution in [3.8, 4) is 0 Å². The molecule has 2 unspecified atom stereocenters. The summed E-state index contributed by atoms with van der Waals surface area (Å²) in [6.07, 6.45) is 3.25. The maximum absolute atomic E-state index is 4.34. The summed E-state index contributed by atoms with van der Waals surface area (Å²) >= 11 is 3.86. The summed E-state index contributed by atoms with van der Waals surface area (Å²) in [5.74, 6) is 1.26. The summed E-state index contributed by atoms with van der Waals surface area (Å²) in [7, 11) is 0. The van der Waals surface area contributed by atoms with Crippen LogP contribution in [0.15, 0.2) is 6.20 Å². The Balaban J connectivity index is 1.77. The molecule has 0 saturated carbocycles. The SMILES string of the molecule is Cc1cnc(CNC2CSC(C)C2)s1. The van der Waals surface area contributed by atoms with Gasteiger partial charge in [0.25, 0.3) is 0 Å². The quantitative estimate of drug-likeness (QED) is 0.860. The molecule has 1 fully saturated rings. The summed E-state index contributed by atoms with van der Waals surface area (Å²) in [4.78, 5) is 5.65. The Morgan fingerprint density at radius 1 is 1.64 bits per heavy atom. The predicted octanol–water partition coefficient (Wildman–Crippen LogP) is 2.44. The Bertz CT molecular complexity index is 298. The van der Waals surface area contributed by atoms with Gasteiger partial charge in [-0.2, -0.15) is 11.8 Å². The molecule has 0 aliphatic carbocycles. The average Bonchev–Trinajstić information content (AvgIpc) is 2.72. The fourth-order valence-corrected chi connectivity index (χ4v) is 3.60. The minimum Gasteiger partial charge on any atom is -0.307 e. The first-order chi connectivity index (χ1) is 6.74. The minimum atomic E-state index is 0.694. The van der Waals surface area contributed by atoms with Crippen molar-refractivity contribution in [2.75, 3.05) is 5.75 Å². The number of nitrogens with zero attached hydrogens (tertiary/aromatic N) is 1. The third-order valence-corrected chi connectivity index (χ3v) is 4.68. The molecule has 1 saturated heterocycles.